The first-order valence-electron chi connectivity index (χ1n) is 3.74. The minimum atomic E-state index is -0.465. The summed E-state index contributed by atoms with van der Waals surface area (Å²) in [5.74, 6) is 0. The van der Waals surface area contributed by atoms with E-state index in [2.05, 4.69) is 10.2 Å². The van der Waals surface area contributed by atoms with Crippen molar-refractivity contribution in [3.8, 4) is 0 Å². The maximum atomic E-state index is 10.5. The highest BCUT2D eigenvalue weighted by molar-refractivity contribution is 6.34. The van der Waals surface area contributed by atoms with E-state index in [9.17, 15) is 10.1 Å². The number of nitrogens with zero attached hydrogens (tertiary/aromatic N) is 3. The molecule has 2 aromatic rings. The highest BCUT2D eigenvalue weighted by atomic mass is 35.5. The predicted octanol–water partition coefficient (Wildman–Crippen LogP) is 2.19. The lowest BCUT2D eigenvalue weighted by atomic mass is 10.2. The van der Waals surface area contributed by atoms with Gasteiger partial charge in [-0.05, 0) is 6.07 Å². The van der Waals surface area contributed by atoms with Crippen molar-refractivity contribution in [3.05, 3.63) is 39.7 Å². The second-order valence-corrected chi connectivity index (χ2v) is 3.02. The zero-order valence-electron chi connectivity index (χ0n) is 6.85. The van der Waals surface area contributed by atoms with Crippen molar-refractivity contribution in [3.63, 3.8) is 0 Å². The summed E-state index contributed by atoms with van der Waals surface area (Å²) < 4.78 is 0. The number of hydrogen-bond acceptors (Lipinski definition) is 4. The largest absolute Gasteiger partial charge is 0.270 e. The van der Waals surface area contributed by atoms with E-state index >= 15 is 0 Å². The molecule has 0 aliphatic carbocycles. The Morgan fingerprint density at radius 2 is 2.21 bits per heavy atom. The van der Waals surface area contributed by atoms with E-state index in [0.717, 1.165) is 0 Å². The molecule has 0 radical (unpaired) electrons. The summed E-state index contributed by atoms with van der Waals surface area (Å²) >= 11 is 5.75. The van der Waals surface area contributed by atoms with Crippen LogP contribution in [0.25, 0.3) is 10.8 Å². The lowest BCUT2D eigenvalue weighted by Gasteiger charge is -1.97. The molecule has 6 heteroatoms. The molecule has 0 saturated heterocycles. The molecule has 0 spiro atoms. The Labute approximate surface area is 83.5 Å². The van der Waals surface area contributed by atoms with Gasteiger partial charge in [-0.2, -0.15) is 5.10 Å². The molecule has 0 N–H and O–H groups in total. The fraction of sp³-hybridized carbons (Fsp3) is 0. The Kier molecular flexibility index (Phi) is 2.01. The van der Waals surface area contributed by atoms with Crippen molar-refractivity contribution in [1.29, 1.82) is 0 Å². The van der Waals surface area contributed by atoms with Crippen molar-refractivity contribution >= 4 is 28.1 Å². The third-order valence-corrected chi connectivity index (χ3v) is 2.09. The van der Waals surface area contributed by atoms with Gasteiger partial charge in [0.25, 0.3) is 5.69 Å². The van der Waals surface area contributed by atoms with Gasteiger partial charge < -0.3 is 0 Å². The summed E-state index contributed by atoms with van der Waals surface area (Å²) in [5.41, 5.74) is 0.0153. The van der Waals surface area contributed by atoms with Crippen molar-refractivity contribution in [1.82, 2.24) is 10.2 Å². The van der Waals surface area contributed by atoms with E-state index < -0.39 is 4.92 Å². The van der Waals surface area contributed by atoms with Crippen molar-refractivity contribution < 1.29 is 4.92 Å². The smallest absolute Gasteiger partial charge is 0.258 e. The summed E-state index contributed by atoms with van der Waals surface area (Å²) in [6.07, 6.45) is 1.44. The maximum absolute atomic E-state index is 10.5. The SMILES string of the molecule is O=[N+]([O-])c1ccc2c(Cl)nncc2c1. The van der Waals surface area contributed by atoms with Crippen LogP contribution in [0, 0.1) is 10.1 Å². The second-order valence-electron chi connectivity index (χ2n) is 2.66. The zero-order chi connectivity index (χ0) is 10.1. The van der Waals surface area contributed by atoms with Crippen LogP contribution in [0.5, 0.6) is 0 Å². The monoisotopic (exact) mass is 209 g/mol. The molecule has 0 saturated carbocycles. The molecule has 2 rings (SSSR count). The first kappa shape index (κ1) is 8.83. The number of non-ortho nitro benzene ring substituents is 1. The Morgan fingerprint density at radius 1 is 1.43 bits per heavy atom. The Bertz CT molecular complexity index is 515. The molecule has 0 aliphatic heterocycles. The fourth-order valence-electron chi connectivity index (χ4n) is 1.15. The van der Waals surface area contributed by atoms with Crippen LogP contribution in [-0.4, -0.2) is 15.1 Å². The van der Waals surface area contributed by atoms with Gasteiger partial charge in [-0.3, -0.25) is 10.1 Å². The van der Waals surface area contributed by atoms with Gasteiger partial charge in [0.05, 0.1) is 11.1 Å². The van der Waals surface area contributed by atoms with Crippen LogP contribution in [0.3, 0.4) is 0 Å². The number of nitro benzene ring substituents is 1. The third-order valence-electron chi connectivity index (χ3n) is 1.81. The zero-order valence-corrected chi connectivity index (χ0v) is 7.60. The summed E-state index contributed by atoms with van der Waals surface area (Å²) in [6.45, 7) is 0. The van der Waals surface area contributed by atoms with Crippen molar-refractivity contribution in [2.24, 2.45) is 0 Å². The summed E-state index contributed by atoms with van der Waals surface area (Å²) in [4.78, 5) is 10.0. The third kappa shape index (κ3) is 1.38. The molecule has 1 heterocycles. The average molecular weight is 210 g/mol. The predicted molar refractivity (Wildman–Crippen MR) is 51.2 cm³/mol. The van der Waals surface area contributed by atoms with Gasteiger partial charge in [-0.25, -0.2) is 0 Å². The second kappa shape index (κ2) is 3.19. The lowest BCUT2D eigenvalue weighted by Crippen LogP contribution is -1.89. The maximum Gasteiger partial charge on any atom is 0.270 e. The van der Waals surface area contributed by atoms with Gasteiger partial charge >= 0.3 is 0 Å². The van der Waals surface area contributed by atoms with Crippen LogP contribution >= 0.6 is 11.6 Å². The molecule has 70 valence electrons. The molecule has 0 bridgehead atoms. The lowest BCUT2D eigenvalue weighted by molar-refractivity contribution is -0.384. The van der Waals surface area contributed by atoms with Gasteiger partial charge in [-0.15, -0.1) is 5.10 Å². The molecule has 0 fully saturated rings. The molecular weight excluding hydrogens is 206 g/mol. The summed E-state index contributed by atoms with van der Waals surface area (Å²) in [7, 11) is 0. The summed E-state index contributed by atoms with van der Waals surface area (Å²) in [6, 6.07) is 4.36. The van der Waals surface area contributed by atoms with Crippen molar-refractivity contribution in [2.45, 2.75) is 0 Å². The van der Waals surface area contributed by atoms with Gasteiger partial charge in [0, 0.05) is 22.9 Å². The normalized spacial score (nSPS) is 10.4. The first-order valence-corrected chi connectivity index (χ1v) is 4.11. The topological polar surface area (TPSA) is 68.9 Å². The van der Waals surface area contributed by atoms with E-state index in [1.807, 2.05) is 0 Å². The van der Waals surface area contributed by atoms with E-state index in [0.29, 0.717) is 10.8 Å². The average Bonchev–Trinajstić information content (AvgIpc) is 2.17. The number of hydrogen-bond donors (Lipinski definition) is 0. The Morgan fingerprint density at radius 3 is 2.93 bits per heavy atom. The molecule has 5 nitrogen and oxygen atoms in total. The van der Waals surface area contributed by atoms with E-state index in [1.165, 1.54) is 18.3 Å². The molecule has 14 heavy (non-hydrogen) atoms. The molecule has 0 atom stereocenters. The number of nitro groups is 1. The highest BCUT2D eigenvalue weighted by Crippen LogP contribution is 2.23. The van der Waals surface area contributed by atoms with E-state index in [1.54, 1.807) is 6.07 Å². The quantitative estimate of drug-likeness (QED) is 0.533. The van der Waals surface area contributed by atoms with Crippen LogP contribution < -0.4 is 0 Å². The van der Waals surface area contributed by atoms with E-state index in [4.69, 9.17) is 11.6 Å². The van der Waals surface area contributed by atoms with Gasteiger partial charge in [0.1, 0.15) is 0 Å². The molecule has 0 amide bonds. The number of aromatic nitrogens is 2. The van der Waals surface area contributed by atoms with Crippen LogP contribution in [0.1, 0.15) is 0 Å². The van der Waals surface area contributed by atoms with Gasteiger partial charge in [-0.1, -0.05) is 11.6 Å². The van der Waals surface area contributed by atoms with Crippen LogP contribution in [0.4, 0.5) is 5.69 Å². The van der Waals surface area contributed by atoms with Gasteiger partial charge in [0.2, 0.25) is 0 Å². The molecule has 1 aromatic carbocycles. The minimum absolute atomic E-state index is 0.0153. The molecular formula is C8H4ClN3O2. The Balaban J connectivity index is 2.73. The van der Waals surface area contributed by atoms with Crippen LogP contribution in [0.15, 0.2) is 24.4 Å². The highest BCUT2D eigenvalue weighted by Gasteiger charge is 2.08. The number of halogens is 1. The fourth-order valence-corrected chi connectivity index (χ4v) is 1.37. The standard InChI is InChI=1S/C8H4ClN3O2/c9-8-7-2-1-6(12(13)14)3-5(7)4-10-11-8/h1-4H. The van der Waals surface area contributed by atoms with Crippen molar-refractivity contribution in [2.75, 3.05) is 0 Å². The summed E-state index contributed by atoms with van der Waals surface area (Å²) in [5, 5.41) is 19.2. The molecule has 0 aliphatic rings. The number of benzene rings is 1. The van der Waals surface area contributed by atoms with Crippen LogP contribution in [-0.2, 0) is 0 Å². The first-order chi connectivity index (χ1) is 6.68. The number of rotatable bonds is 1. The van der Waals surface area contributed by atoms with Crippen LogP contribution in [0.2, 0.25) is 5.15 Å². The number of fused-ring (bicyclic) bond motifs is 1. The minimum Gasteiger partial charge on any atom is -0.258 e. The molecule has 0 unspecified atom stereocenters. The molecule has 1 aromatic heterocycles. The van der Waals surface area contributed by atoms with E-state index in [-0.39, 0.29) is 10.8 Å². The Hall–Kier alpha value is -1.75. The van der Waals surface area contributed by atoms with Gasteiger partial charge in [0.15, 0.2) is 5.15 Å².